The Bertz CT molecular complexity index is 2410. The SMILES string of the molecule is Cc1ccc([SiH](c2ccc(C)cc2)c2ccccc2-c2c(C)cccc2-c2nc(-c3ccccc3)nc(-c3ccc(-c4ccccc4)cc3)n2)cc1. The fourth-order valence-electron chi connectivity index (χ4n) is 7.04. The van der Waals surface area contributed by atoms with Crippen LogP contribution in [0, 0.1) is 20.8 Å². The number of benzene rings is 7. The van der Waals surface area contributed by atoms with Crippen LogP contribution in [0.2, 0.25) is 0 Å². The van der Waals surface area contributed by atoms with E-state index < -0.39 is 8.80 Å². The third-order valence-electron chi connectivity index (χ3n) is 9.79. The van der Waals surface area contributed by atoms with Crippen molar-refractivity contribution in [3.05, 3.63) is 193 Å². The van der Waals surface area contributed by atoms with Crippen molar-refractivity contribution in [2.24, 2.45) is 0 Å². The molecule has 0 spiro atoms. The Balaban J connectivity index is 1.31. The van der Waals surface area contributed by atoms with Crippen molar-refractivity contribution >= 4 is 24.4 Å². The van der Waals surface area contributed by atoms with Gasteiger partial charge in [-0.2, -0.15) is 0 Å². The average molecular weight is 686 g/mol. The van der Waals surface area contributed by atoms with E-state index in [0.29, 0.717) is 17.5 Å². The lowest BCUT2D eigenvalue weighted by atomic mass is 9.94. The highest BCUT2D eigenvalue weighted by atomic mass is 28.3. The van der Waals surface area contributed by atoms with E-state index >= 15 is 0 Å². The van der Waals surface area contributed by atoms with E-state index in [9.17, 15) is 0 Å². The van der Waals surface area contributed by atoms with E-state index in [0.717, 1.165) is 27.8 Å². The number of nitrogens with zero attached hydrogens (tertiary/aromatic N) is 3. The summed E-state index contributed by atoms with van der Waals surface area (Å²) in [6, 6.07) is 62.9. The zero-order valence-electron chi connectivity index (χ0n) is 29.7. The number of rotatable bonds is 8. The molecular weight excluding hydrogens is 647 g/mol. The van der Waals surface area contributed by atoms with E-state index in [1.54, 1.807) is 0 Å². The molecule has 4 heteroatoms. The van der Waals surface area contributed by atoms with E-state index in [1.807, 2.05) is 24.3 Å². The second kappa shape index (κ2) is 14.6. The van der Waals surface area contributed by atoms with Gasteiger partial charge in [-0.05, 0) is 53.8 Å². The number of aryl methyl sites for hydroxylation is 3. The zero-order chi connectivity index (χ0) is 35.4. The van der Waals surface area contributed by atoms with Gasteiger partial charge in [0.2, 0.25) is 0 Å². The highest BCUT2D eigenvalue weighted by Crippen LogP contribution is 2.35. The molecule has 0 aliphatic carbocycles. The molecule has 0 atom stereocenters. The molecule has 52 heavy (non-hydrogen) atoms. The van der Waals surface area contributed by atoms with Gasteiger partial charge < -0.3 is 0 Å². The summed E-state index contributed by atoms with van der Waals surface area (Å²) in [4.78, 5) is 15.5. The average Bonchev–Trinajstić information content (AvgIpc) is 3.20. The van der Waals surface area contributed by atoms with Crippen molar-refractivity contribution in [3.8, 4) is 56.4 Å². The number of hydrogen-bond acceptors (Lipinski definition) is 3. The van der Waals surface area contributed by atoms with E-state index in [4.69, 9.17) is 15.0 Å². The summed E-state index contributed by atoms with van der Waals surface area (Å²) in [5, 5.41) is 4.16. The molecule has 8 aromatic rings. The molecule has 8 rings (SSSR count). The minimum atomic E-state index is -1.90. The molecule has 0 aliphatic heterocycles. The molecule has 0 saturated heterocycles. The Morgan fingerprint density at radius 1 is 0.346 bits per heavy atom. The van der Waals surface area contributed by atoms with Crippen molar-refractivity contribution < 1.29 is 0 Å². The Hall–Kier alpha value is -6.23. The molecule has 3 nitrogen and oxygen atoms in total. The predicted molar refractivity (Wildman–Crippen MR) is 220 cm³/mol. The standard InChI is InChI=1S/C48H39N3Si/c1-33-21-29-40(30-22-33)52(41-31-23-34(2)24-32-41)44-20-11-10-18-42(44)45-35(3)13-12-19-43(45)48-50-46(38-16-8-5-9-17-38)49-47(51-48)39-27-25-37(26-28-39)36-14-6-4-7-15-36/h4-32,52H,1-3H3. The number of aromatic nitrogens is 3. The monoisotopic (exact) mass is 685 g/mol. The lowest BCUT2D eigenvalue weighted by molar-refractivity contribution is 1.07. The summed E-state index contributed by atoms with van der Waals surface area (Å²) in [5.41, 5.74) is 11.3. The molecule has 0 unspecified atom stereocenters. The van der Waals surface area contributed by atoms with Gasteiger partial charge in [0.05, 0.1) is 0 Å². The van der Waals surface area contributed by atoms with Crippen LogP contribution in [0.1, 0.15) is 16.7 Å². The summed E-state index contributed by atoms with van der Waals surface area (Å²) in [6.07, 6.45) is 0. The van der Waals surface area contributed by atoms with Crippen LogP contribution >= 0.6 is 0 Å². The van der Waals surface area contributed by atoms with Gasteiger partial charge in [-0.1, -0.05) is 197 Å². The predicted octanol–water partition coefficient (Wildman–Crippen LogP) is 9.38. The fourth-order valence-corrected chi connectivity index (χ4v) is 10.2. The molecule has 1 heterocycles. The molecule has 0 amide bonds. The van der Waals surface area contributed by atoms with Crippen molar-refractivity contribution in [2.45, 2.75) is 20.8 Å². The Labute approximate surface area is 308 Å². The largest absolute Gasteiger partial charge is 0.208 e. The first kappa shape index (κ1) is 32.9. The van der Waals surface area contributed by atoms with Crippen molar-refractivity contribution in [1.82, 2.24) is 15.0 Å². The molecule has 1 aromatic heterocycles. The second-order valence-corrected chi connectivity index (χ2v) is 16.3. The van der Waals surface area contributed by atoms with Crippen LogP contribution in [0.3, 0.4) is 0 Å². The lowest BCUT2D eigenvalue weighted by Gasteiger charge is -2.23. The maximum atomic E-state index is 5.23. The molecule has 0 saturated carbocycles. The van der Waals surface area contributed by atoms with Crippen LogP contribution in [-0.4, -0.2) is 23.7 Å². The van der Waals surface area contributed by atoms with Gasteiger partial charge in [0, 0.05) is 16.7 Å². The summed E-state index contributed by atoms with van der Waals surface area (Å²) in [6.45, 7) is 6.51. The zero-order valence-corrected chi connectivity index (χ0v) is 30.8. The van der Waals surface area contributed by atoms with Gasteiger partial charge in [-0.3, -0.25) is 0 Å². The van der Waals surface area contributed by atoms with Gasteiger partial charge >= 0.3 is 0 Å². The molecule has 0 radical (unpaired) electrons. The highest BCUT2D eigenvalue weighted by Gasteiger charge is 2.25. The minimum absolute atomic E-state index is 0.649. The Morgan fingerprint density at radius 2 is 0.788 bits per heavy atom. The number of hydrogen-bond donors (Lipinski definition) is 0. The minimum Gasteiger partial charge on any atom is -0.208 e. The molecule has 0 fully saturated rings. The smallest absolute Gasteiger partial charge is 0.164 e. The quantitative estimate of drug-likeness (QED) is 0.118. The summed E-state index contributed by atoms with van der Waals surface area (Å²) in [5.74, 6) is 1.96. The van der Waals surface area contributed by atoms with E-state index in [2.05, 4.69) is 172 Å². The maximum Gasteiger partial charge on any atom is 0.164 e. The van der Waals surface area contributed by atoms with E-state index in [1.165, 1.54) is 43.4 Å². The van der Waals surface area contributed by atoms with Gasteiger partial charge in [-0.25, -0.2) is 15.0 Å². The maximum absolute atomic E-state index is 5.23. The summed E-state index contributed by atoms with van der Waals surface area (Å²) < 4.78 is 0. The highest BCUT2D eigenvalue weighted by molar-refractivity contribution is 6.96. The Morgan fingerprint density at radius 3 is 1.38 bits per heavy atom. The van der Waals surface area contributed by atoms with Gasteiger partial charge in [0.25, 0.3) is 0 Å². The van der Waals surface area contributed by atoms with Crippen LogP contribution in [-0.2, 0) is 0 Å². The molecule has 0 N–H and O–H groups in total. The third kappa shape index (κ3) is 6.77. The Kier molecular flexibility index (Phi) is 9.22. The first-order chi connectivity index (χ1) is 25.5. The summed E-state index contributed by atoms with van der Waals surface area (Å²) in [7, 11) is -1.90. The van der Waals surface area contributed by atoms with Crippen LogP contribution in [0.5, 0.6) is 0 Å². The molecule has 250 valence electrons. The fraction of sp³-hybridized carbons (Fsp3) is 0.0625. The van der Waals surface area contributed by atoms with Gasteiger partial charge in [-0.15, -0.1) is 0 Å². The van der Waals surface area contributed by atoms with Gasteiger partial charge in [0.15, 0.2) is 17.5 Å². The summed E-state index contributed by atoms with van der Waals surface area (Å²) >= 11 is 0. The van der Waals surface area contributed by atoms with Crippen LogP contribution in [0.4, 0.5) is 0 Å². The molecule has 0 bridgehead atoms. The van der Waals surface area contributed by atoms with Crippen molar-refractivity contribution in [2.75, 3.05) is 0 Å². The third-order valence-corrected chi connectivity index (χ3v) is 13.0. The van der Waals surface area contributed by atoms with E-state index in [-0.39, 0.29) is 0 Å². The van der Waals surface area contributed by atoms with Crippen LogP contribution in [0.15, 0.2) is 176 Å². The van der Waals surface area contributed by atoms with Crippen molar-refractivity contribution in [1.29, 1.82) is 0 Å². The topological polar surface area (TPSA) is 38.7 Å². The van der Waals surface area contributed by atoms with Crippen molar-refractivity contribution in [3.63, 3.8) is 0 Å². The first-order valence-electron chi connectivity index (χ1n) is 17.8. The molecular formula is C48H39N3Si. The molecule has 7 aromatic carbocycles. The normalized spacial score (nSPS) is 11.2. The lowest BCUT2D eigenvalue weighted by Crippen LogP contribution is -2.52. The second-order valence-electron chi connectivity index (χ2n) is 13.5. The van der Waals surface area contributed by atoms with Gasteiger partial charge in [0.1, 0.15) is 8.80 Å². The van der Waals surface area contributed by atoms with Crippen LogP contribution in [0.25, 0.3) is 56.4 Å². The van der Waals surface area contributed by atoms with Crippen LogP contribution < -0.4 is 15.6 Å². The molecule has 0 aliphatic rings. The first-order valence-corrected chi connectivity index (χ1v) is 19.5.